The Morgan fingerprint density at radius 3 is 2.67 bits per heavy atom. The van der Waals surface area contributed by atoms with E-state index in [1.165, 1.54) is 6.07 Å². The van der Waals surface area contributed by atoms with Crippen LogP contribution in [0, 0.1) is 5.82 Å². The second-order valence-corrected chi connectivity index (χ2v) is 4.50. The van der Waals surface area contributed by atoms with E-state index in [0.717, 1.165) is 5.56 Å². The predicted molar refractivity (Wildman–Crippen MR) is 71.2 cm³/mol. The maximum atomic E-state index is 13.7. The summed E-state index contributed by atoms with van der Waals surface area (Å²) in [7, 11) is 1.85. The van der Waals surface area contributed by atoms with E-state index in [9.17, 15) is 4.39 Å². The van der Waals surface area contributed by atoms with Crippen LogP contribution in [0.3, 0.4) is 0 Å². The van der Waals surface area contributed by atoms with Gasteiger partial charge < -0.3 is 5.32 Å². The van der Waals surface area contributed by atoms with Gasteiger partial charge in [-0.3, -0.25) is 4.98 Å². The Morgan fingerprint density at radius 2 is 2.00 bits per heavy atom. The van der Waals surface area contributed by atoms with Crippen molar-refractivity contribution in [2.24, 2.45) is 0 Å². The van der Waals surface area contributed by atoms with Gasteiger partial charge in [0.15, 0.2) is 0 Å². The van der Waals surface area contributed by atoms with E-state index in [4.69, 9.17) is 11.6 Å². The summed E-state index contributed by atoms with van der Waals surface area (Å²) in [6.07, 6.45) is 4.01. The van der Waals surface area contributed by atoms with Crippen LogP contribution in [0.2, 0.25) is 5.02 Å². The van der Waals surface area contributed by atoms with Crippen LogP contribution >= 0.6 is 11.6 Å². The molecule has 2 rings (SSSR count). The van der Waals surface area contributed by atoms with Crippen molar-refractivity contribution in [2.45, 2.75) is 12.5 Å². The third kappa shape index (κ3) is 3.06. The molecule has 1 N–H and O–H groups in total. The lowest BCUT2D eigenvalue weighted by atomic mass is 9.99. The van der Waals surface area contributed by atoms with Gasteiger partial charge in [-0.1, -0.05) is 11.6 Å². The van der Waals surface area contributed by atoms with Gasteiger partial charge in [0, 0.05) is 23.5 Å². The summed E-state index contributed by atoms with van der Waals surface area (Å²) in [6.45, 7) is 0. The molecular formula is C14H14ClFN2. The van der Waals surface area contributed by atoms with Crippen LogP contribution in [0.5, 0.6) is 0 Å². The lowest BCUT2D eigenvalue weighted by molar-refractivity contribution is 0.554. The zero-order chi connectivity index (χ0) is 13.0. The van der Waals surface area contributed by atoms with Crippen molar-refractivity contribution in [3.8, 4) is 0 Å². The molecule has 1 unspecified atom stereocenters. The van der Waals surface area contributed by atoms with Crippen molar-refractivity contribution in [3.05, 3.63) is 64.7 Å². The first-order valence-electron chi connectivity index (χ1n) is 5.72. The molecule has 0 aliphatic heterocycles. The highest BCUT2D eigenvalue weighted by atomic mass is 35.5. The fourth-order valence-electron chi connectivity index (χ4n) is 1.90. The Hall–Kier alpha value is -1.45. The number of aromatic nitrogens is 1. The largest absolute Gasteiger partial charge is 0.313 e. The molecule has 0 amide bonds. The Labute approximate surface area is 111 Å². The van der Waals surface area contributed by atoms with Crippen LogP contribution in [-0.2, 0) is 6.42 Å². The molecule has 0 aliphatic carbocycles. The molecule has 1 aromatic carbocycles. The molecule has 0 aliphatic rings. The van der Waals surface area contributed by atoms with E-state index in [-0.39, 0.29) is 11.9 Å². The van der Waals surface area contributed by atoms with Crippen LogP contribution in [-0.4, -0.2) is 12.0 Å². The van der Waals surface area contributed by atoms with Crippen molar-refractivity contribution >= 4 is 11.6 Å². The molecule has 2 nitrogen and oxygen atoms in total. The van der Waals surface area contributed by atoms with Crippen LogP contribution in [0.25, 0.3) is 0 Å². The second-order valence-electron chi connectivity index (χ2n) is 4.06. The SMILES string of the molecule is CNC(Cc1cc(Cl)ccc1F)c1ccncc1. The smallest absolute Gasteiger partial charge is 0.126 e. The summed E-state index contributed by atoms with van der Waals surface area (Å²) in [5.41, 5.74) is 1.69. The highest BCUT2D eigenvalue weighted by Crippen LogP contribution is 2.22. The van der Waals surface area contributed by atoms with E-state index in [1.807, 2.05) is 19.2 Å². The summed E-state index contributed by atoms with van der Waals surface area (Å²) in [6, 6.07) is 8.51. The standard InChI is InChI=1S/C14H14ClFN2/c1-17-14(10-4-6-18-7-5-10)9-11-8-12(15)2-3-13(11)16/h2-8,14,17H,9H2,1H3. The third-order valence-electron chi connectivity index (χ3n) is 2.89. The molecule has 18 heavy (non-hydrogen) atoms. The van der Waals surface area contributed by atoms with E-state index in [2.05, 4.69) is 10.3 Å². The van der Waals surface area contributed by atoms with Crippen molar-refractivity contribution < 1.29 is 4.39 Å². The minimum Gasteiger partial charge on any atom is -0.313 e. The molecule has 2 aromatic rings. The maximum Gasteiger partial charge on any atom is 0.126 e. The van der Waals surface area contributed by atoms with Gasteiger partial charge in [-0.15, -0.1) is 0 Å². The van der Waals surface area contributed by atoms with Crippen molar-refractivity contribution in [1.29, 1.82) is 0 Å². The minimum absolute atomic E-state index is 0.0426. The molecule has 94 valence electrons. The Balaban J connectivity index is 2.23. The van der Waals surface area contributed by atoms with Crippen LogP contribution in [0.4, 0.5) is 4.39 Å². The normalized spacial score (nSPS) is 12.4. The van der Waals surface area contributed by atoms with Gasteiger partial charge in [-0.25, -0.2) is 4.39 Å². The first-order valence-corrected chi connectivity index (χ1v) is 6.09. The number of benzene rings is 1. The van der Waals surface area contributed by atoms with Gasteiger partial charge >= 0.3 is 0 Å². The number of nitrogens with zero attached hydrogens (tertiary/aromatic N) is 1. The first kappa shape index (κ1) is 13.0. The van der Waals surface area contributed by atoms with Crippen LogP contribution < -0.4 is 5.32 Å². The van der Waals surface area contributed by atoms with Crippen molar-refractivity contribution in [1.82, 2.24) is 10.3 Å². The number of hydrogen-bond donors (Lipinski definition) is 1. The quantitative estimate of drug-likeness (QED) is 0.916. The van der Waals surface area contributed by atoms with E-state index < -0.39 is 0 Å². The lowest BCUT2D eigenvalue weighted by Crippen LogP contribution is -2.19. The molecule has 0 fully saturated rings. The molecular weight excluding hydrogens is 251 g/mol. The summed E-state index contributed by atoms with van der Waals surface area (Å²) in [5.74, 6) is -0.228. The molecule has 0 bridgehead atoms. The van der Waals surface area contributed by atoms with E-state index >= 15 is 0 Å². The fraction of sp³-hybridized carbons (Fsp3) is 0.214. The zero-order valence-corrected chi connectivity index (χ0v) is 10.8. The Morgan fingerprint density at radius 1 is 1.28 bits per heavy atom. The zero-order valence-electron chi connectivity index (χ0n) is 10.0. The Kier molecular flexibility index (Phi) is 4.28. The fourth-order valence-corrected chi connectivity index (χ4v) is 2.10. The first-order chi connectivity index (χ1) is 8.70. The van der Waals surface area contributed by atoms with Crippen molar-refractivity contribution in [3.63, 3.8) is 0 Å². The number of rotatable bonds is 4. The van der Waals surface area contributed by atoms with Crippen LogP contribution in [0.1, 0.15) is 17.2 Å². The molecule has 0 saturated heterocycles. The van der Waals surface area contributed by atoms with Crippen molar-refractivity contribution in [2.75, 3.05) is 7.05 Å². The van der Waals surface area contributed by atoms with E-state index in [0.29, 0.717) is 17.0 Å². The number of hydrogen-bond acceptors (Lipinski definition) is 2. The number of pyridine rings is 1. The average molecular weight is 265 g/mol. The van der Waals surface area contributed by atoms with Gasteiger partial charge in [-0.2, -0.15) is 0 Å². The van der Waals surface area contributed by atoms with Gasteiger partial charge in [0.2, 0.25) is 0 Å². The molecule has 0 saturated carbocycles. The van der Waals surface area contributed by atoms with Gasteiger partial charge in [-0.05, 0) is 54.9 Å². The Bertz CT molecular complexity index is 516. The number of likely N-dealkylation sites (N-methyl/N-ethyl adjacent to an activating group) is 1. The molecule has 1 atom stereocenters. The van der Waals surface area contributed by atoms with Gasteiger partial charge in [0.25, 0.3) is 0 Å². The van der Waals surface area contributed by atoms with E-state index in [1.54, 1.807) is 24.5 Å². The number of nitrogens with one attached hydrogen (secondary N) is 1. The second kappa shape index (κ2) is 5.94. The topological polar surface area (TPSA) is 24.9 Å². The molecule has 0 radical (unpaired) electrons. The summed E-state index contributed by atoms with van der Waals surface area (Å²) >= 11 is 5.89. The third-order valence-corrected chi connectivity index (χ3v) is 3.12. The molecule has 0 spiro atoms. The molecule has 4 heteroatoms. The maximum absolute atomic E-state index is 13.7. The minimum atomic E-state index is -0.228. The van der Waals surface area contributed by atoms with Crippen LogP contribution in [0.15, 0.2) is 42.7 Å². The van der Waals surface area contributed by atoms with Gasteiger partial charge in [0.05, 0.1) is 0 Å². The number of halogens is 2. The highest BCUT2D eigenvalue weighted by Gasteiger charge is 2.13. The summed E-state index contributed by atoms with van der Waals surface area (Å²) < 4.78 is 13.7. The summed E-state index contributed by atoms with van der Waals surface area (Å²) in [4.78, 5) is 3.98. The monoisotopic (exact) mass is 264 g/mol. The predicted octanol–water partition coefficient (Wildman–Crippen LogP) is 3.38. The summed E-state index contributed by atoms with van der Waals surface area (Å²) in [5, 5.41) is 3.73. The van der Waals surface area contributed by atoms with Gasteiger partial charge in [0.1, 0.15) is 5.82 Å². The average Bonchev–Trinajstić information content (AvgIpc) is 2.41. The molecule has 1 heterocycles. The lowest BCUT2D eigenvalue weighted by Gasteiger charge is -2.17. The highest BCUT2D eigenvalue weighted by molar-refractivity contribution is 6.30. The molecule has 1 aromatic heterocycles.